The predicted molar refractivity (Wildman–Crippen MR) is 70.1 cm³/mol. The Morgan fingerprint density at radius 2 is 2.19 bits per heavy atom. The molecule has 1 N–H and O–H groups in total. The van der Waals surface area contributed by atoms with Crippen LogP contribution in [0.5, 0.6) is 5.75 Å². The lowest BCUT2D eigenvalue weighted by Gasteiger charge is -2.23. The molecule has 90 valence electrons. The molecule has 0 radical (unpaired) electrons. The fraction of sp³-hybridized carbons (Fsp3) is 0.500. The van der Waals surface area contributed by atoms with E-state index in [1.54, 1.807) is 7.11 Å². The third kappa shape index (κ3) is 3.27. The SMILES string of the molecule is COc1cc(Cl)cc([C@@H]2CCCNC2)c1.Cl. The Balaban J connectivity index is 0.00000128. The first-order chi connectivity index (χ1) is 7.29. The van der Waals surface area contributed by atoms with Crippen molar-refractivity contribution in [1.29, 1.82) is 0 Å². The number of benzene rings is 1. The summed E-state index contributed by atoms with van der Waals surface area (Å²) in [5.41, 5.74) is 1.28. The lowest BCUT2D eigenvalue weighted by molar-refractivity contribution is 0.411. The minimum atomic E-state index is 0. The van der Waals surface area contributed by atoms with Crippen molar-refractivity contribution >= 4 is 24.0 Å². The maximum absolute atomic E-state index is 6.05. The standard InChI is InChI=1S/C12H16ClNO.ClH/c1-15-12-6-10(5-11(13)7-12)9-3-2-4-14-8-9;/h5-7,9,14H,2-4,8H2,1H3;1H/t9-;/m1./s1. The second kappa shape index (κ2) is 6.33. The number of piperidine rings is 1. The summed E-state index contributed by atoms with van der Waals surface area (Å²) < 4.78 is 5.22. The average Bonchev–Trinajstić information content (AvgIpc) is 2.29. The summed E-state index contributed by atoms with van der Waals surface area (Å²) in [6, 6.07) is 5.98. The van der Waals surface area contributed by atoms with Crippen LogP contribution < -0.4 is 10.1 Å². The molecule has 16 heavy (non-hydrogen) atoms. The number of halogens is 2. The second-order valence-electron chi connectivity index (χ2n) is 3.97. The Morgan fingerprint density at radius 3 is 2.81 bits per heavy atom. The number of nitrogens with one attached hydrogen (secondary N) is 1. The molecule has 1 fully saturated rings. The summed E-state index contributed by atoms with van der Waals surface area (Å²) in [6.07, 6.45) is 2.47. The van der Waals surface area contributed by atoms with Gasteiger partial charge in [-0.25, -0.2) is 0 Å². The molecule has 1 atom stereocenters. The highest BCUT2D eigenvalue weighted by atomic mass is 35.5. The van der Waals surface area contributed by atoms with Crippen LogP contribution in [0.15, 0.2) is 18.2 Å². The summed E-state index contributed by atoms with van der Waals surface area (Å²) in [6.45, 7) is 2.18. The third-order valence-electron chi connectivity index (χ3n) is 2.90. The van der Waals surface area contributed by atoms with Gasteiger partial charge in [-0.3, -0.25) is 0 Å². The Hall–Kier alpha value is -0.440. The van der Waals surface area contributed by atoms with Crippen molar-refractivity contribution in [3.63, 3.8) is 0 Å². The van der Waals surface area contributed by atoms with Crippen LogP contribution in [0, 0.1) is 0 Å². The lowest BCUT2D eigenvalue weighted by Crippen LogP contribution is -2.28. The minimum absolute atomic E-state index is 0. The molecule has 0 bridgehead atoms. The van der Waals surface area contributed by atoms with Gasteiger partial charge in [0, 0.05) is 11.6 Å². The van der Waals surface area contributed by atoms with E-state index >= 15 is 0 Å². The zero-order chi connectivity index (χ0) is 10.7. The van der Waals surface area contributed by atoms with Gasteiger partial charge in [-0.05, 0) is 49.1 Å². The Kier molecular flexibility index (Phi) is 5.39. The van der Waals surface area contributed by atoms with E-state index in [-0.39, 0.29) is 12.4 Å². The van der Waals surface area contributed by atoms with E-state index in [0.717, 1.165) is 23.9 Å². The van der Waals surface area contributed by atoms with Crippen LogP contribution in [0.4, 0.5) is 0 Å². The van der Waals surface area contributed by atoms with Gasteiger partial charge in [-0.1, -0.05) is 11.6 Å². The number of methoxy groups -OCH3 is 1. The molecule has 0 aliphatic carbocycles. The van der Waals surface area contributed by atoms with Gasteiger partial charge in [0.25, 0.3) is 0 Å². The number of hydrogen-bond donors (Lipinski definition) is 1. The number of hydrogen-bond acceptors (Lipinski definition) is 2. The van der Waals surface area contributed by atoms with Crippen molar-refractivity contribution in [2.45, 2.75) is 18.8 Å². The highest BCUT2D eigenvalue weighted by Gasteiger charge is 2.16. The van der Waals surface area contributed by atoms with Gasteiger partial charge < -0.3 is 10.1 Å². The van der Waals surface area contributed by atoms with Gasteiger partial charge in [0.15, 0.2) is 0 Å². The maximum atomic E-state index is 6.05. The fourth-order valence-electron chi connectivity index (χ4n) is 2.07. The summed E-state index contributed by atoms with van der Waals surface area (Å²) in [4.78, 5) is 0. The van der Waals surface area contributed by atoms with Crippen LogP contribution in [0.2, 0.25) is 5.02 Å². The smallest absolute Gasteiger partial charge is 0.120 e. The molecule has 1 aromatic rings. The molecular formula is C12H17Cl2NO. The van der Waals surface area contributed by atoms with Crippen molar-refractivity contribution in [3.8, 4) is 5.75 Å². The van der Waals surface area contributed by atoms with E-state index in [1.165, 1.54) is 18.4 Å². The van der Waals surface area contributed by atoms with Gasteiger partial charge in [0.1, 0.15) is 5.75 Å². The van der Waals surface area contributed by atoms with E-state index in [0.29, 0.717) is 5.92 Å². The van der Waals surface area contributed by atoms with Crippen molar-refractivity contribution in [1.82, 2.24) is 5.32 Å². The molecule has 1 saturated heterocycles. The molecule has 0 saturated carbocycles. The highest BCUT2D eigenvalue weighted by molar-refractivity contribution is 6.30. The Bertz CT molecular complexity index is 338. The van der Waals surface area contributed by atoms with E-state index in [4.69, 9.17) is 16.3 Å². The molecule has 1 aliphatic rings. The van der Waals surface area contributed by atoms with Gasteiger partial charge in [-0.15, -0.1) is 12.4 Å². The number of rotatable bonds is 2. The van der Waals surface area contributed by atoms with Crippen LogP contribution in [0.3, 0.4) is 0 Å². The van der Waals surface area contributed by atoms with Crippen molar-refractivity contribution in [3.05, 3.63) is 28.8 Å². The molecule has 2 nitrogen and oxygen atoms in total. The van der Waals surface area contributed by atoms with E-state index in [9.17, 15) is 0 Å². The van der Waals surface area contributed by atoms with E-state index in [1.807, 2.05) is 12.1 Å². The Morgan fingerprint density at radius 1 is 1.38 bits per heavy atom. The Labute approximate surface area is 108 Å². The van der Waals surface area contributed by atoms with Crippen molar-refractivity contribution in [2.24, 2.45) is 0 Å². The molecular weight excluding hydrogens is 245 g/mol. The quantitative estimate of drug-likeness (QED) is 0.883. The molecule has 0 amide bonds. The molecule has 0 aromatic heterocycles. The van der Waals surface area contributed by atoms with E-state index < -0.39 is 0 Å². The minimum Gasteiger partial charge on any atom is -0.497 e. The maximum Gasteiger partial charge on any atom is 0.120 e. The molecule has 0 unspecified atom stereocenters. The molecule has 0 spiro atoms. The molecule has 2 rings (SSSR count). The molecule has 1 aliphatic heterocycles. The van der Waals surface area contributed by atoms with Gasteiger partial charge >= 0.3 is 0 Å². The third-order valence-corrected chi connectivity index (χ3v) is 3.12. The van der Waals surface area contributed by atoms with Crippen LogP contribution in [-0.4, -0.2) is 20.2 Å². The largest absolute Gasteiger partial charge is 0.497 e. The first-order valence-electron chi connectivity index (χ1n) is 5.35. The zero-order valence-electron chi connectivity index (χ0n) is 9.33. The lowest BCUT2D eigenvalue weighted by atomic mass is 9.91. The van der Waals surface area contributed by atoms with Crippen LogP contribution in [0.25, 0.3) is 0 Å². The summed E-state index contributed by atoms with van der Waals surface area (Å²) in [5.74, 6) is 1.43. The molecule has 4 heteroatoms. The summed E-state index contributed by atoms with van der Waals surface area (Å²) in [7, 11) is 1.68. The van der Waals surface area contributed by atoms with Crippen molar-refractivity contribution < 1.29 is 4.74 Å². The topological polar surface area (TPSA) is 21.3 Å². The molecule has 1 aromatic carbocycles. The molecule has 1 heterocycles. The monoisotopic (exact) mass is 261 g/mol. The van der Waals surface area contributed by atoms with Crippen LogP contribution in [0.1, 0.15) is 24.3 Å². The number of ether oxygens (including phenoxy) is 1. The van der Waals surface area contributed by atoms with Gasteiger partial charge in [-0.2, -0.15) is 0 Å². The van der Waals surface area contributed by atoms with Crippen molar-refractivity contribution in [2.75, 3.05) is 20.2 Å². The predicted octanol–water partition coefficient (Wildman–Crippen LogP) is 3.24. The first-order valence-corrected chi connectivity index (χ1v) is 5.72. The summed E-state index contributed by atoms with van der Waals surface area (Å²) in [5, 5.41) is 4.17. The van der Waals surface area contributed by atoms with Crippen LogP contribution in [-0.2, 0) is 0 Å². The fourth-order valence-corrected chi connectivity index (χ4v) is 2.31. The summed E-state index contributed by atoms with van der Waals surface area (Å²) >= 11 is 6.05. The van der Waals surface area contributed by atoms with E-state index in [2.05, 4.69) is 11.4 Å². The first kappa shape index (κ1) is 13.6. The normalized spacial score (nSPS) is 20.0. The highest BCUT2D eigenvalue weighted by Crippen LogP contribution is 2.29. The van der Waals surface area contributed by atoms with Gasteiger partial charge in [0.2, 0.25) is 0 Å². The average molecular weight is 262 g/mol. The second-order valence-corrected chi connectivity index (χ2v) is 4.40. The van der Waals surface area contributed by atoms with Crippen LogP contribution >= 0.6 is 24.0 Å². The van der Waals surface area contributed by atoms with Gasteiger partial charge in [0.05, 0.1) is 7.11 Å². The zero-order valence-corrected chi connectivity index (χ0v) is 10.9.